The van der Waals surface area contributed by atoms with Crippen molar-refractivity contribution in [1.82, 2.24) is 0 Å². The van der Waals surface area contributed by atoms with E-state index in [1.54, 1.807) is 13.8 Å². The lowest BCUT2D eigenvalue weighted by atomic mass is 9.66. The monoisotopic (exact) mass is 508 g/mol. The van der Waals surface area contributed by atoms with Gasteiger partial charge in [-0.25, -0.2) is 0 Å². The van der Waals surface area contributed by atoms with Gasteiger partial charge in [-0.2, -0.15) is 0 Å². The highest BCUT2D eigenvalue weighted by Gasteiger charge is 2.46. The van der Waals surface area contributed by atoms with Gasteiger partial charge in [-0.15, -0.1) is 0 Å². The third-order valence-electron chi connectivity index (χ3n) is 8.05. The summed E-state index contributed by atoms with van der Waals surface area (Å²) in [4.78, 5) is 0. The summed E-state index contributed by atoms with van der Waals surface area (Å²) in [5, 5.41) is 22.4. The minimum absolute atomic E-state index is 0.294. The molecular formula is C37H32O2. The molecule has 0 saturated heterocycles. The minimum atomic E-state index is -0.529. The van der Waals surface area contributed by atoms with Gasteiger partial charge in [0.15, 0.2) is 0 Å². The Labute approximate surface area is 230 Å². The van der Waals surface area contributed by atoms with E-state index in [-0.39, 0.29) is 0 Å². The van der Waals surface area contributed by atoms with Crippen molar-refractivity contribution in [2.24, 2.45) is 0 Å². The number of fused-ring (bicyclic) bond motifs is 4. The second-order valence-corrected chi connectivity index (χ2v) is 10.8. The van der Waals surface area contributed by atoms with Crippen molar-refractivity contribution < 1.29 is 10.2 Å². The molecule has 2 N–H and O–H groups in total. The van der Waals surface area contributed by atoms with Crippen LogP contribution < -0.4 is 0 Å². The first-order chi connectivity index (χ1) is 18.8. The highest BCUT2D eigenvalue weighted by atomic mass is 16.3. The molecule has 0 amide bonds. The van der Waals surface area contributed by atoms with Gasteiger partial charge in [-0.1, -0.05) is 84.9 Å². The van der Waals surface area contributed by atoms with E-state index in [0.29, 0.717) is 11.5 Å². The van der Waals surface area contributed by atoms with Crippen LogP contribution in [0, 0.1) is 13.8 Å². The topological polar surface area (TPSA) is 40.5 Å². The number of aryl methyl sites for hydroxylation is 2. The molecule has 0 radical (unpaired) electrons. The van der Waals surface area contributed by atoms with Gasteiger partial charge in [0.25, 0.3) is 0 Å². The largest absolute Gasteiger partial charge is 0.513 e. The molecule has 0 aliphatic heterocycles. The summed E-state index contributed by atoms with van der Waals surface area (Å²) in [6.45, 7) is 7.63. The van der Waals surface area contributed by atoms with E-state index in [1.807, 2.05) is 12.2 Å². The second-order valence-electron chi connectivity index (χ2n) is 10.8. The first-order valence-electron chi connectivity index (χ1n) is 13.4. The molecule has 192 valence electrons. The summed E-state index contributed by atoms with van der Waals surface area (Å²) >= 11 is 0. The van der Waals surface area contributed by atoms with Crippen LogP contribution in [-0.4, -0.2) is 10.2 Å². The van der Waals surface area contributed by atoms with Crippen molar-refractivity contribution in [2.45, 2.75) is 33.1 Å². The van der Waals surface area contributed by atoms with E-state index in [0.717, 1.165) is 22.3 Å². The first-order valence-corrected chi connectivity index (χ1v) is 13.4. The predicted octanol–water partition coefficient (Wildman–Crippen LogP) is 9.66. The summed E-state index contributed by atoms with van der Waals surface area (Å²) in [6.07, 6.45) is 3.64. The van der Waals surface area contributed by atoms with Crippen LogP contribution in [0.15, 0.2) is 109 Å². The third-order valence-corrected chi connectivity index (χ3v) is 8.05. The Kier molecular flexibility index (Phi) is 5.92. The quantitative estimate of drug-likeness (QED) is 0.233. The molecule has 39 heavy (non-hydrogen) atoms. The Morgan fingerprint density at radius 2 is 1.08 bits per heavy atom. The fourth-order valence-corrected chi connectivity index (χ4v) is 6.34. The van der Waals surface area contributed by atoms with E-state index >= 15 is 0 Å². The molecule has 0 unspecified atom stereocenters. The predicted molar refractivity (Wildman–Crippen MR) is 163 cm³/mol. The van der Waals surface area contributed by atoms with Crippen LogP contribution in [0.1, 0.15) is 58.4 Å². The highest BCUT2D eigenvalue weighted by molar-refractivity contribution is 5.96. The maximum atomic E-state index is 9.96. The van der Waals surface area contributed by atoms with Crippen molar-refractivity contribution >= 4 is 22.9 Å². The zero-order chi connectivity index (χ0) is 27.3. The highest BCUT2D eigenvalue weighted by Crippen LogP contribution is 2.57. The zero-order valence-corrected chi connectivity index (χ0v) is 22.8. The molecule has 5 aromatic rings. The Morgan fingerprint density at radius 3 is 1.62 bits per heavy atom. The molecule has 2 nitrogen and oxygen atoms in total. The lowest BCUT2D eigenvalue weighted by Crippen LogP contribution is -2.29. The van der Waals surface area contributed by atoms with Crippen molar-refractivity contribution in [3.8, 4) is 11.1 Å². The molecule has 0 bridgehead atoms. The maximum Gasteiger partial charge on any atom is 0.0897 e. The third kappa shape index (κ3) is 3.95. The van der Waals surface area contributed by atoms with Gasteiger partial charge in [0, 0.05) is 0 Å². The smallest absolute Gasteiger partial charge is 0.0897 e. The lowest BCUT2D eigenvalue weighted by Gasteiger charge is -2.35. The molecule has 0 atom stereocenters. The van der Waals surface area contributed by atoms with Gasteiger partial charge in [0.1, 0.15) is 0 Å². The Bertz CT molecular complexity index is 1740. The molecule has 0 heterocycles. The number of aliphatic hydroxyl groups excluding tert-OH is 2. The SMILES string of the molecule is C/C(O)=C\c1ccc(C2(c3ccc(/C=C(\C)O)c(C)c3)c3ccccc3-c3cc4ccccc4cc32)cc1C. The van der Waals surface area contributed by atoms with Gasteiger partial charge in [-0.3, -0.25) is 0 Å². The van der Waals surface area contributed by atoms with Gasteiger partial charge >= 0.3 is 0 Å². The van der Waals surface area contributed by atoms with Crippen LogP contribution in [0.2, 0.25) is 0 Å². The van der Waals surface area contributed by atoms with Crippen molar-refractivity contribution in [3.05, 3.63) is 153 Å². The van der Waals surface area contributed by atoms with Gasteiger partial charge in [0.2, 0.25) is 0 Å². The van der Waals surface area contributed by atoms with Crippen LogP contribution >= 0.6 is 0 Å². The molecule has 0 saturated carbocycles. The maximum absolute atomic E-state index is 9.96. The Balaban J connectivity index is 1.74. The van der Waals surface area contributed by atoms with Gasteiger partial charge in [0.05, 0.1) is 16.9 Å². The summed E-state index contributed by atoms with van der Waals surface area (Å²) < 4.78 is 0. The average molecular weight is 509 g/mol. The van der Waals surface area contributed by atoms with Crippen molar-refractivity contribution in [2.75, 3.05) is 0 Å². The molecule has 5 aromatic carbocycles. The molecule has 0 aromatic heterocycles. The molecule has 0 fully saturated rings. The molecule has 1 aliphatic carbocycles. The summed E-state index contributed by atoms with van der Waals surface area (Å²) in [6, 6.07) is 35.3. The van der Waals surface area contributed by atoms with E-state index in [9.17, 15) is 10.2 Å². The number of benzene rings is 5. The fourth-order valence-electron chi connectivity index (χ4n) is 6.34. The van der Waals surface area contributed by atoms with Crippen LogP contribution in [0.25, 0.3) is 34.1 Å². The number of hydrogen-bond acceptors (Lipinski definition) is 2. The average Bonchev–Trinajstić information content (AvgIpc) is 3.19. The summed E-state index contributed by atoms with van der Waals surface area (Å²) in [7, 11) is 0. The van der Waals surface area contributed by atoms with Gasteiger partial charge < -0.3 is 10.2 Å². The normalized spacial score (nSPS) is 14.4. The minimum Gasteiger partial charge on any atom is -0.513 e. The van der Waals surface area contributed by atoms with E-state index in [4.69, 9.17) is 0 Å². The zero-order valence-electron chi connectivity index (χ0n) is 22.8. The van der Waals surface area contributed by atoms with E-state index in [1.165, 1.54) is 44.2 Å². The van der Waals surface area contributed by atoms with Gasteiger partial charge in [-0.05, 0) is 118 Å². The number of aliphatic hydroxyl groups is 2. The van der Waals surface area contributed by atoms with Crippen molar-refractivity contribution in [3.63, 3.8) is 0 Å². The lowest BCUT2D eigenvalue weighted by molar-refractivity contribution is 0.419. The molecular weight excluding hydrogens is 476 g/mol. The Morgan fingerprint density at radius 1 is 0.564 bits per heavy atom. The molecule has 2 heteroatoms. The second kappa shape index (κ2) is 9.32. The molecule has 0 spiro atoms. The first kappa shape index (κ1) is 24.8. The number of rotatable bonds is 4. The summed E-state index contributed by atoms with van der Waals surface area (Å²) in [5.41, 5.74) is 11.1. The van der Waals surface area contributed by atoms with E-state index < -0.39 is 5.41 Å². The molecule has 1 aliphatic rings. The molecule has 6 rings (SSSR count). The van der Waals surface area contributed by atoms with Crippen LogP contribution in [-0.2, 0) is 5.41 Å². The standard InChI is InChI=1S/C37H32O2/c1-23-17-31(15-13-27(23)19-25(3)38)37(32-16-14-28(20-26(4)39)24(2)18-32)35-12-8-7-11-33(35)34-21-29-9-5-6-10-30(29)22-36(34)37/h5-22,38-39H,1-4H3/b25-19+,26-20+. The Hall–Kier alpha value is -4.56. The van der Waals surface area contributed by atoms with Crippen LogP contribution in [0.4, 0.5) is 0 Å². The van der Waals surface area contributed by atoms with E-state index in [2.05, 4.69) is 111 Å². The number of allylic oxidation sites excluding steroid dienone is 2. The summed E-state index contributed by atoms with van der Waals surface area (Å²) in [5.74, 6) is 0.587. The van der Waals surface area contributed by atoms with Crippen molar-refractivity contribution in [1.29, 1.82) is 0 Å². The van der Waals surface area contributed by atoms with Crippen LogP contribution in [0.3, 0.4) is 0 Å². The fraction of sp³-hybridized carbons (Fsp3) is 0.135. The number of hydrogen-bond donors (Lipinski definition) is 2. The van der Waals surface area contributed by atoms with Crippen LogP contribution in [0.5, 0.6) is 0 Å².